The zero-order valence-electron chi connectivity index (χ0n) is 63.3. The molecule has 5 atom stereocenters. The van der Waals surface area contributed by atoms with Crippen molar-refractivity contribution in [1.82, 2.24) is 0 Å². The fraction of sp³-hybridized carbons (Fsp3) is 1.00. The molecule has 0 bridgehead atoms. The molecule has 8 rings (SSSR count). The van der Waals surface area contributed by atoms with E-state index >= 15 is 0 Å². The van der Waals surface area contributed by atoms with E-state index in [2.05, 4.69) is 194 Å². The normalized spacial score (nSPS) is 27.8. The van der Waals surface area contributed by atoms with E-state index in [1.807, 2.05) is 0 Å². The zero-order chi connectivity index (χ0) is 63.3. The molecule has 8 saturated carbocycles. The topological polar surface area (TPSA) is 0 Å². The van der Waals surface area contributed by atoms with Crippen molar-refractivity contribution in [2.24, 2.45) is 110 Å². The van der Waals surface area contributed by atoms with Crippen LogP contribution in [-0.4, -0.2) is 0 Å². The zero-order valence-corrected chi connectivity index (χ0v) is 63.3. The van der Waals surface area contributed by atoms with Gasteiger partial charge in [-0.05, 0) is 148 Å². The highest BCUT2D eigenvalue weighted by molar-refractivity contribution is 4.90. The van der Waals surface area contributed by atoms with E-state index in [1.165, 1.54) is 225 Å². The lowest BCUT2D eigenvalue weighted by Gasteiger charge is -2.47. The Bertz CT molecular complexity index is 1340. The summed E-state index contributed by atoms with van der Waals surface area (Å²) in [5, 5.41) is 0. The molecule has 0 aliphatic heterocycles. The van der Waals surface area contributed by atoms with Crippen molar-refractivity contribution < 1.29 is 0 Å². The molecule has 0 aromatic heterocycles. The smallest absolute Gasteiger partial charge is 0.0323 e. The predicted molar refractivity (Wildman–Crippen MR) is 381 cm³/mol. The Morgan fingerprint density at radius 1 is 0.378 bits per heavy atom. The first kappa shape index (κ1) is 84.1. The number of hydrogen-bond donors (Lipinski definition) is 0. The van der Waals surface area contributed by atoms with Gasteiger partial charge in [0.2, 0.25) is 0 Å². The third-order valence-corrected chi connectivity index (χ3v) is 24.5. The molecular weight excluding hydrogens is 985 g/mol. The first-order chi connectivity index (χ1) is 38.1. The summed E-state index contributed by atoms with van der Waals surface area (Å²) in [6.07, 6.45) is 50.7. The van der Waals surface area contributed by atoms with E-state index in [0.29, 0.717) is 27.1 Å². The van der Waals surface area contributed by atoms with Crippen LogP contribution in [0.3, 0.4) is 0 Å². The van der Waals surface area contributed by atoms with Crippen LogP contribution in [-0.2, 0) is 0 Å². The average molecular weight is 1150 g/mol. The molecule has 0 spiro atoms. The monoisotopic (exact) mass is 1150 g/mol. The van der Waals surface area contributed by atoms with Crippen LogP contribution in [0.2, 0.25) is 0 Å². The molecule has 8 aliphatic carbocycles. The number of hydrogen-bond acceptors (Lipinski definition) is 0. The second-order valence-electron chi connectivity index (χ2n) is 35.2. The summed E-state index contributed by atoms with van der Waals surface area (Å²) in [6, 6.07) is 0. The second kappa shape index (κ2) is 45.3. The summed E-state index contributed by atoms with van der Waals surface area (Å²) in [6.45, 7) is 65.8. The summed E-state index contributed by atoms with van der Waals surface area (Å²) in [5.74, 6) is 13.9. The minimum Gasteiger partial charge on any atom is -0.0654 e. The largest absolute Gasteiger partial charge is 0.0654 e. The van der Waals surface area contributed by atoms with E-state index in [0.717, 1.165) is 82.9 Å². The summed E-state index contributed by atoms with van der Waals surface area (Å²) < 4.78 is 0. The van der Waals surface area contributed by atoms with Gasteiger partial charge in [-0.1, -0.05) is 380 Å². The maximum atomic E-state index is 2.42. The van der Waals surface area contributed by atoms with Crippen molar-refractivity contribution >= 4 is 0 Å². The molecule has 8 aliphatic rings. The maximum Gasteiger partial charge on any atom is -0.0323 e. The third kappa shape index (κ3) is 40.5. The lowest BCUT2D eigenvalue weighted by Crippen LogP contribution is -2.38. The molecule has 496 valence electrons. The highest BCUT2D eigenvalue weighted by Crippen LogP contribution is 2.50. The molecule has 8 fully saturated rings. The van der Waals surface area contributed by atoms with Gasteiger partial charge in [-0.15, -0.1) is 0 Å². The Morgan fingerprint density at radius 2 is 0.732 bits per heavy atom. The van der Waals surface area contributed by atoms with Crippen molar-refractivity contribution in [2.75, 3.05) is 0 Å². The van der Waals surface area contributed by atoms with Crippen LogP contribution in [0.5, 0.6) is 0 Å². The maximum absolute atomic E-state index is 2.42. The molecule has 0 heteroatoms. The molecule has 0 heterocycles. The van der Waals surface area contributed by atoms with Crippen molar-refractivity contribution in [3.05, 3.63) is 0 Å². The molecule has 0 aromatic rings. The Labute approximate surface area is 525 Å². The van der Waals surface area contributed by atoms with Crippen LogP contribution in [0.25, 0.3) is 0 Å². The summed E-state index contributed by atoms with van der Waals surface area (Å²) in [7, 11) is 0. The van der Waals surface area contributed by atoms with Crippen LogP contribution in [0, 0.1) is 110 Å². The molecule has 3 unspecified atom stereocenters. The van der Waals surface area contributed by atoms with Gasteiger partial charge in [-0.2, -0.15) is 0 Å². The molecule has 0 radical (unpaired) electrons. The van der Waals surface area contributed by atoms with Crippen LogP contribution >= 0.6 is 0 Å². The fourth-order valence-electron chi connectivity index (χ4n) is 14.8. The van der Waals surface area contributed by atoms with Crippen molar-refractivity contribution in [1.29, 1.82) is 0 Å². The lowest BCUT2D eigenvalue weighted by molar-refractivity contribution is 0.0286. The number of rotatable bonds is 7. The van der Waals surface area contributed by atoms with Gasteiger partial charge in [0.15, 0.2) is 0 Å². The molecule has 0 saturated heterocycles. The molecular formula is C82H168. The quantitative estimate of drug-likeness (QED) is 0.238. The van der Waals surface area contributed by atoms with Crippen molar-refractivity contribution in [3.63, 3.8) is 0 Å². The van der Waals surface area contributed by atoms with Crippen LogP contribution in [0.4, 0.5) is 0 Å². The molecule has 0 amide bonds. The van der Waals surface area contributed by atoms with Gasteiger partial charge < -0.3 is 0 Å². The van der Waals surface area contributed by atoms with Crippen LogP contribution in [0.15, 0.2) is 0 Å². The van der Waals surface area contributed by atoms with Gasteiger partial charge in [0.25, 0.3) is 0 Å². The van der Waals surface area contributed by atoms with E-state index in [4.69, 9.17) is 0 Å². The summed E-state index contributed by atoms with van der Waals surface area (Å²) >= 11 is 0. The van der Waals surface area contributed by atoms with E-state index in [9.17, 15) is 0 Å². The summed E-state index contributed by atoms with van der Waals surface area (Å²) in [5.41, 5.74) is 2.99. The van der Waals surface area contributed by atoms with E-state index in [-0.39, 0.29) is 0 Å². The highest BCUT2D eigenvalue weighted by atomic mass is 14.5. The highest BCUT2D eigenvalue weighted by Gasteiger charge is 2.40. The molecule has 0 aromatic carbocycles. The minimum atomic E-state index is 0.550. The van der Waals surface area contributed by atoms with E-state index in [1.54, 1.807) is 0 Å². The average Bonchev–Trinajstić information content (AvgIpc) is 4.16. The van der Waals surface area contributed by atoms with Gasteiger partial charge in [-0.3, -0.25) is 0 Å². The van der Waals surface area contributed by atoms with Crippen LogP contribution < -0.4 is 0 Å². The minimum absolute atomic E-state index is 0.550. The van der Waals surface area contributed by atoms with Gasteiger partial charge in [0.05, 0.1) is 0 Å². The van der Waals surface area contributed by atoms with Crippen LogP contribution in [0.1, 0.15) is 419 Å². The Morgan fingerprint density at radius 3 is 0.951 bits per heavy atom. The first-order valence-electron chi connectivity index (χ1n) is 38.1. The predicted octanol–water partition coefficient (Wildman–Crippen LogP) is 29.7. The Hall–Kier alpha value is 0. The Kier molecular flexibility index (Phi) is 46.4. The second-order valence-corrected chi connectivity index (χ2v) is 35.2. The third-order valence-electron chi connectivity index (χ3n) is 24.5. The Balaban J connectivity index is 0. The summed E-state index contributed by atoms with van der Waals surface area (Å²) in [4.78, 5) is 0. The van der Waals surface area contributed by atoms with Gasteiger partial charge in [0.1, 0.15) is 0 Å². The van der Waals surface area contributed by atoms with E-state index < -0.39 is 0 Å². The first-order valence-corrected chi connectivity index (χ1v) is 38.1. The fourth-order valence-corrected chi connectivity index (χ4v) is 14.8. The SMILES string of the molecule is CC(C)C1CCC1.CC(C)C1CCCC1.CC1C(C)(C)CCCC1(C)C.CC1CCC(C)(C)CC1.CC1CCCC(C)C1C.CC1CCCC[C@H]1C.CCC(CC)CC.CCC1CCCC1.CCCC(C)(C)C.C[C@@H]1CCCCC1(C)C. The van der Waals surface area contributed by atoms with Gasteiger partial charge >= 0.3 is 0 Å². The lowest BCUT2D eigenvalue weighted by atomic mass is 9.58. The van der Waals surface area contributed by atoms with Crippen molar-refractivity contribution in [2.45, 2.75) is 419 Å². The van der Waals surface area contributed by atoms with Gasteiger partial charge in [-0.25, -0.2) is 0 Å². The molecule has 0 N–H and O–H groups in total. The molecule has 82 heavy (non-hydrogen) atoms. The molecule has 0 nitrogen and oxygen atoms in total. The standard InChI is InChI=1S/C11H22.3C9H18.2C8H16.2C7H14.2C7H16/c1-9-10(2,3)7-6-8-11(9,4)5;1-8-4-6-9(2,3)7-5-8;1-8-6-4-5-7-9(8,2)3;1-7-5-4-6-8(2)9(7)3;1-7-5-3-4-6-8(7)2;1-7(2)8-5-3-4-6-8;1-6(2)7-4-3-5-7;1-2-7-5-3-4-6-7;1-5-6-7(2,3)4;1-4-7(5-2)6-3/h9H,6-8H2,1-5H3;2*8H,4-7H2,1-3H3;7-9H,4-6H2,1-3H3;2*7-8H,3-6H2,1-2H3;6-7H,3-5H2,1-2H3;7H,2-6H2,1H3;5-6H2,1-4H3;7H,4-6H2,1-3H3/t;;8-;;7-,8?;;;;;/m..1.1...../s1. The van der Waals surface area contributed by atoms with Gasteiger partial charge in [0, 0.05) is 0 Å². The van der Waals surface area contributed by atoms with Crippen molar-refractivity contribution in [3.8, 4) is 0 Å².